The Morgan fingerprint density at radius 1 is 1.71 bits per heavy atom. The molecule has 0 radical (unpaired) electrons. The minimum absolute atomic E-state index is 0.0650. The number of amides is 1. The van der Waals surface area contributed by atoms with Crippen LogP contribution >= 0.6 is 0 Å². The molecule has 1 atom stereocenters. The summed E-state index contributed by atoms with van der Waals surface area (Å²) in [6.45, 7) is 2.72. The van der Waals surface area contributed by atoms with Gasteiger partial charge in [-0.2, -0.15) is 5.10 Å². The fourth-order valence-corrected chi connectivity index (χ4v) is 1.83. The maximum atomic E-state index is 11.7. The number of rotatable bonds is 4. The third-order valence-electron chi connectivity index (χ3n) is 2.70. The van der Waals surface area contributed by atoms with E-state index in [9.17, 15) is 9.59 Å². The summed E-state index contributed by atoms with van der Waals surface area (Å²) in [4.78, 5) is 24.9. The Labute approximate surface area is 98.9 Å². The van der Waals surface area contributed by atoms with Crippen molar-refractivity contribution in [3.8, 4) is 0 Å². The second-order valence-electron chi connectivity index (χ2n) is 4.03. The molecule has 0 spiro atoms. The number of anilines is 1. The van der Waals surface area contributed by atoms with Crippen molar-refractivity contribution >= 4 is 17.6 Å². The van der Waals surface area contributed by atoms with Crippen LogP contribution in [0.15, 0.2) is 12.4 Å². The minimum atomic E-state index is -0.357. The number of aromatic amines is 1. The van der Waals surface area contributed by atoms with E-state index in [1.807, 2.05) is 6.92 Å². The first-order valence-electron chi connectivity index (χ1n) is 5.68. The Kier molecular flexibility index (Phi) is 3.41. The molecule has 1 aromatic rings. The highest BCUT2D eigenvalue weighted by molar-refractivity contribution is 5.99. The van der Waals surface area contributed by atoms with Gasteiger partial charge in [0, 0.05) is 19.2 Å². The number of hydrogen-bond donors (Lipinski definition) is 1. The van der Waals surface area contributed by atoms with Crippen molar-refractivity contribution in [3.05, 3.63) is 12.4 Å². The molecule has 0 aliphatic carbocycles. The number of nitrogens with zero attached hydrogens (tertiary/aromatic N) is 2. The van der Waals surface area contributed by atoms with E-state index in [1.165, 1.54) is 0 Å². The lowest BCUT2D eigenvalue weighted by Crippen LogP contribution is -2.26. The van der Waals surface area contributed by atoms with Crippen LogP contribution < -0.4 is 4.90 Å². The molecule has 1 aromatic heterocycles. The molecule has 1 aliphatic rings. The lowest BCUT2D eigenvalue weighted by molar-refractivity contribution is -0.148. The molecule has 2 heterocycles. The lowest BCUT2D eigenvalue weighted by Gasteiger charge is -2.13. The fourth-order valence-electron chi connectivity index (χ4n) is 1.83. The van der Waals surface area contributed by atoms with Gasteiger partial charge in [0.25, 0.3) is 0 Å². The molecule has 1 amide bonds. The Hall–Kier alpha value is -1.85. The molecule has 92 valence electrons. The minimum Gasteiger partial charge on any atom is -0.465 e. The van der Waals surface area contributed by atoms with Crippen molar-refractivity contribution in [2.24, 2.45) is 5.92 Å². The van der Waals surface area contributed by atoms with Crippen molar-refractivity contribution in [2.75, 3.05) is 18.1 Å². The molecular weight excluding hydrogens is 222 g/mol. The Morgan fingerprint density at radius 3 is 3.18 bits per heavy atom. The number of carbonyl (C=O) groups is 2. The summed E-state index contributed by atoms with van der Waals surface area (Å²) in [5.74, 6) is -0.708. The number of ether oxygens (including phenoxy) is 1. The molecule has 1 N–H and O–H groups in total. The Bertz CT molecular complexity index is 402. The van der Waals surface area contributed by atoms with Crippen LogP contribution in [0.2, 0.25) is 0 Å². The van der Waals surface area contributed by atoms with Gasteiger partial charge < -0.3 is 9.64 Å². The molecule has 0 bridgehead atoms. The SMILES string of the molecule is CCCOC(=O)[C@@H]1CC(=O)N(c2cn[nH]c2)C1. The number of H-pyrrole nitrogens is 1. The zero-order valence-electron chi connectivity index (χ0n) is 9.68. The van der Waals surface area contributed by atoms with Crippen molar-refractivity contribution in [1.82, 2.24) is 10.2 Å². The zero-order chi connectivity index (χ0) is 12.3. The molecule has 1 aliphatic heterocycles. The predicted octanol–water partition coefficient (Wildman–Crippen LogP) is 0.716. The van der Waals surface area contributed by atoms with E-state index in [4.69, 9.17) is 4.74 Å². The Balaban J connectivity index is 1.97. The maximum Gasteiger partial charge on any atom is 0.311 e. The third-order valence-corrected chi connectivity index (χ3v) is 2.70. The van der Waals surface area contributed by atoms with Crippen molar-refractivity contribution in [2.45, 2.75) is 19.8 Å². The summed E-state index contributed by atoms with van der Waals surface area (Å²) in [6.07, 6.45) is 4.21. The molecule has 2 rings (SSSR count). The predicted molar refractivity (Wildman–Crippen MR) is 60.3 cm³/mol. The highest BCUT2D eigenvalue weighted by Gasteiger charge is 2.36. The van der Waals surface area contributed by atoms with E-state index < -0.39 is 0 Å². The molecule has 0 saturated carbocycles. The molecule has 6 nitrogen and oxygen atoms in total. The van der Waals surface area contributed by atoms with Crippen LogP contribution in [-0.2, 0) is 14.3 Å². The first-order valence-corrected chi connectivity index (χ1v) is 5.68. The normalized spacial score (nSPS) is 19.7. The van der Waals surface area contributed by atoms with E-state index in [2.05, 4.69) is 10.2 Å². The van der Waals surface area contributed by atoms with Gasteiger partial charge in [0.15, 0.2) is 0 Å². The number of aromatic nitrogens is 2. The van der Waals surface area contributed by atoms with Crippen LogP contribution in [0.1, 0.15) is 19.8 Å². The average Bonchev–Trinajstić information content (AvgIpc) is 2.94. The van der Waals surface area contributed by atoms with Gasteiger partial charge in [-0.25, -0.2) is 0 Å². The van der Waals surface area contributed by atoms with E-state index in [0.717, 1.165) is 6.42 Å². The monoisotopic (exact) mass is 237 g/mol. The zero-order valence-corrected chi connectivity index (χ0v) is 9.68. The molecular formula is C11H15N3O3. The molecule has 1 saturated heterocycles. The summed E-state index contributed by atoms with van der Waals surface area (Å²) >= 11 is 0. The van der Waals surface area contributed by atoms with Gasteiger partial charge in [0.1, 0.15) is 0 Å². The van der Waals surface area contributed by atoms with Gasteiger partial charge in [-0.15, -0.1) is 0 Å². The van der Waals surface area contributed by atoms with E-state index in [-0.39, 0.29) is 24.2 Å². The standard InChI is InChI=1S/C11H15N3O3/c1-2-3-17-11(16)8-4-10(15)14(7-8)9-5-12-13-6-9/h5-6,8H,2-4,7H2,1H3,(H,12,13)/t8-/m1/s1. The topological polar surface area (TPSA) is 75.3 Å². The van der Waals surface area contributed by atoms with E-state index in [1.54, 1.807) is 17.3 Å². The molecule has 0 aromatic carbocycles. The van der Waals surface area contributed by atoms with Crippen molar-refractivity contribution in [3.63, 3.8) is 0 Å². The highest BCUT2D eigenvalue weighted by Crippen LogP contribution is 2.24. The molecule has 17 heavy (non-hydrogen) atoms. The average molecular weight is 237 g/mol. The van der Waals surface area contributed by atoms with Crippen molar-refractivity contribution < 1.29 is 14.3 Å². The summed E-state index contributed by atoms with van der Waals surface area (Å²) in [5, 5.41) is 6.43. The summed E-state index contributed by atoms with van der Waals surface area (Å²) in [6, 6.07) is 0. The quantitative estimate of drug-likeness (QED) is 0.783. The van der Waals surface area contributed by atoms with Crippen LogP contribution in [0.5, 0.6) is 0 Å². The second-order valence-corrected chi connectivity index (χ2v) is 4.03. The van der Waals surface area contributed by atoms with Crippen LogP contribution in [0, 0.1) is 5.92 Å². The van der Waals surface area contributed by atoms with Crippen LogP contribution in [0.25, 0.3) is 0 Å². The summed E-state index contributed by atoms with van der Waals surface area (Å²) < 4.78 is 5.05. The Morgan fingerprint density at radius 2 is 2.53 bits per heavy atom. The van der Waals surface area contributed by atoms with E-state index >= 15 is 0 Å². The van der Waals surface area contributed by atoms with Gasteiger partial charge in [-0.3, -0.25) is 14.7 Å². The van der Waals surface area contributed by atoms with Crippen LogP contribution in [0.4, 0.5) is 5.69 Å². The largest absolute Gasteiger partial charge is 0.465 e. The first-order chi connectivity index (χ1) is 8.22. The number of esters is 1. The van der Waals surface area contributed by atoms with Gasteiger partial charge >= 0.3 is 5.97 Å². The fraction of sp³-hybridized carbons (Fsp3) is 0.545. The highest BCUT2D eigenvalue weighted by atomic mass is 16.5. The summed E-state index contributed by atoms with van der Waals surface area (Å²) in [5.41, 5.74) is 0.695. The van der Waals surface area contributed by atoms with Gasteiger partial charge in [0.2, 0.25) is 5.91 Å². The first kappa shape index (κ1) is 11.6. The molecule has 1 fully saturated rings. The van der Waals surface area contributed by atoms with Gasteiger partial charge in [-0.1, -0.05) is 6.92 Å². The lowest BCUT2D eigenvalue weighted by atomic mass is 10.1. The van der Waals surface area contributed by atoms with Crippen molar-refractivity contribution in [1.29, 1.82) is 0 Å². The number of nitrogens with one attached hydrogen (secondary N) is 1. The molecule has 6 heteroatoms. The maximum absolute atomic E-state index is 11.7. The third kappa shape index (κ3) is 2.46. The van der Waals surface area contributed by atoms with Gasteiger partial charge in [-0.05, 0) is 6.42 Å². The smallest absolute Gasteiger partial charge is 0.311 e. The van der Waals surface area contributed by atoms with Crippen LogP contribution in [0.3, 0.4) is 0 Å². The molecule has 0 unspecified atom stereocenters. The van der Waals surface area contributed by atoms with Crippen LogP contribution in [-0.4, -0.2) is 35.2 Å². The second kappa shape index (κ2) is 4.99. The van der Waals surface area contributed by atoms with Gasteiger partial charge in [0.05, 0.1) is 24.4 Å². The number of hydrogen-bond acceptors (Lipinski definition) is 4. The van der Waals surface area contributed by atoms with E-state index in [0.29, 0.717) is 18.8 Å². The number of carbonyl (C=O) groups excluding carboxylic acids is 2. The summed E-state index contributed by atoms with van der Waals surface area (Å²) in [7, 11) is 0.